The number of ketones is 1. The summed E-state index contributed by atoms with van der Waals surface area (Å²) in [5, 5.41) is 42.5. The molecule has 0 aromatic carbocycles. The third kappa shape index (κ3) is 2.41. The minimum absolute atomic E-state index is 0.0831. The van der Waals surface area contributed by atoms with Gasteiger partial charge in [-0.05, 0) is 67.3 Å². The van der Waals surface area contributed by atoms with Crippen LogP contribution in [0.2, 0.25) is 0 Å². The molecule has 0 radical (unpaired) electrons. The zero-order valence-corrected chi connectivity index (χ0v) is 16.7. The summed E-state index contributed by atoms with van der Waals surface area (Å²) in [6, 6.07) is 0. The van der Waals surface area contributed by atoms with Gasteiger partial charge in [0.2, 0.25) is 0 Å². The lowest BCUT2D eigenvalue weighted by Gasteiger charge is -2.62. The molecule has 5 heteroatoms. The Kier molecular flexibility index (Phi) is 4.44. The SMILES string of the molecule is C[C@H]1C[C@@H]2[C@H]([C@@H](O)C[C@@]3(C)[C@H]2CC[C@]3(O)C(O)CO)[C@@]2(C)CCC(=O)C=C12. The summed E-state index contributed by atoms with van der Waals surface area (Å²) in [4.78, 5) is 12.1. The Morgan fingerprint density at radius 1 is 1.30 bits per heavy atom. The van der Waals surface area contributed by atoms with E-state index in [-0.39, 0.29) is 34.9 Å². The minimum atomic E-state index is -1.36. The van der Waals surface area contributed by atoms with Gasteiger partial charge in [-0.2, -0.15) is 0 Å². The number of carbonyl (C=O) groups excluding carboxylic acids is 1. The van der Waals surface area contributed by atoms with Crippen LogP contribution in [0.5, 0.6) is 0 Å². The van der Waals surface area contributed by atoms with Gasteiger partial charge < -0.3 is 20.4 Å². The molecule has 4 N–H and O–H groups in total. The van der Waals surface area contributed by atoms with Crippen molar-refractivity contribution in [3.8, 4) is 0 Å². The fourth-order valence-electron chi connectivity index (χ4n) is 7.86. The van der Waals surface area contributed by atoms with Crippen molar-refractivity contribution < 1.29 is 25.2 Å². The van der Waals surface area contributed by atoms with Gasteiger partial charge in [-0.1, -0.05) is 26.3 Å². The molecule has 0 spiro atoms. The summed E-state index contributed by atoms with van der Waals surface area (Å²) in [5.41, 5.74) is -0.947. The largest absolute Gasteiger partial charge is 0.394 e. The first-order chi connectivity index (χ1) is 12.6. The van der Waals surface area contributed by atoms with Gasteiger partial charge in [-0.15, -0.1) is 0 Å². The van der Waals surface area contributed by atoms with Crippen molar-refractivity contribution in [3.05, 3.63) is 11.6 Å². The van der Waals surface area contributed by atoms with E-state index < -0.39 is 29.8 Å². The van der Waals surface area contributed by atoms with E-state index in [1.807, 2.05) is 13.0 Å². The Morgan fingerprint density at radius 2 is 2.00 bits per heavy atom. The normalized spacial score (nSPS) is 53.2. The van der Waals surface area contributed by atoms with Crippen LogP contribution in [0.25, 0.3) is 0 Å². The van der Waals surface area contributed by atoms with Gasteiger partial charge in [-0.3, -0.25) is 4.79 Å². The Balaban J connectivity index is 1.76. The fourth-order valence-corrected chi connectivity index (χ4v) is 7.86. The maximum absolute atomic E-state index is 12.1. The van der Waals surface area contributed by atoms with E-state index in [0.29, 0.717) is 19.3 Å². The average molecular weight is 379 g/mol. The number of hydrogen-bond donors (Lipinski definition) is 4. The van der Waals surface area contributed by atoms with Gasteiger partial charge in [-0.25, -0.2) is 0 Å². The Hall–Kier alpha value is -0.750. The molecule has 4 aliphatic carbocycles. The zero-order valence-electron chi connectivity index (χ0n) is 16.7. The highest BCUT2D eigenvalue weighted by molar-refractivity contribution is 5.91. The molecule has 4 rings (SSSR count). The molecule has 0 amide bonds. The number of hydrogen-bond acceptors (Lipinski definition) is 5. The molecule has 0 saturated heterocycles. The van der Waals surface area contributed by atoms with Crippen molar-refractivity contribution in [2.24, 2.45) is 34.5 Å². The molecule has 5 nitrogen and oxygen atoms in total. The molecular weight excluding hydrogens is 344 g/mol. The standard InChI is InChI=1S/C22H34O5/c1-12-8-14-15-5-7-22(27,18(26)11-23)21(15,3)10-17(25)19(14)20(2)6-4-13(24)9-16(12)20/h9,12,14-15,17-19,23,25-27H,4-8,10-11H2,1-3H3/t12-,14-,15-,17-,18?,19+,20-,21-,22-/m0/s1. The van der Waals surface area contributed by atoms with E-state index in [0.717, 1.165) is 19.3 Å². The maximum Gasteiger partial charge on any atom is 0.155 e. The van der Waals surface area contributed by atoms with Gasteiger partial charge in [0.15, 0.2) is 5.78 Å². The third-order valence-corrected chi connectivity index (χ3v) is 9.15. The minimum Gasteiger partial charge on any atom is -0.394 e. The van der Waals surface area contributed by atoms with Gasteiger partial charge in [0.05, 0.1) is 18.3 Å². The predicted molar refractivity (Wildman–Crippen MR) is 101 cm³/mol. The molecular formula is C22H34O5. The van der Waals surface area contributed by atoms with Crippen LogP contribution in [0.15, 0.2) is 11.6 Å². The summed E-state index contributed by atoms with van der Waals surface area (Å²) in [5.74, 6) is 1.02. The van der Waals surface area contributed by atoms with Crippen LogP contribution in [0.4, 0.5) is 0 Å². The lowest BCUT2D eigenvalue weighted by Crippen LogP contribution is -2.63. The van der Waals surface area contributed by atoms with E-state index in [1.165, 1.54) is 5.57 Å². The second-order valence-electron chi connectivity index (χ2n) is 10.3. The second-order valence-corrected chi connectivity index (χ2v) is 10.3. The van der Waals surface area contributed by atoms with E-state index in [2.05, 4.69) is 13.8 Å². The van der Waals surface area contributed by atoms with Crippen molar-refractivity contribution in [1.82, 2.24) is 0 Å². The van der Waals surface area contributed by atoms with Gasteiger partial charge in [0.1, 0.15) is 6.10 Å². The molecule has 0 aromatic rings. The van der Waals surface area contributed by atoms with Crippen LogP contribution in [-0.2, 0) is 4.79 Å². The van der Waals surface area contributed by atoms with Crippen molar-refractivity contribution in [3.63, 3.8) is 0 Å². The first-order valence-electron chi connectivity index (χ1n) is 10.5. The topological polar surface area (TPSA) is 98.0 Å². The summed E-state index contributed by atoms with van der Waals surface area (Å²) in [6.45, 7) is 5.92. The first kappa shape index (κ1) is 19.6. The molecule has 1 unspecified atom stereocenters. The van der Waals surface area contributed by atoms with Crippen LogP contribution in [0.1, 0.15) is 59.3 Å². The van der Waals surface area contributed by atoms with Gasteiger partial charge in [0.25, 0.3) is 0 Å². The van der Waals surface area contributed by atoms with Crippen LogP contribution >= 0.6 is 0 Å². The molecule has 27 heavy (non-hydrogen) atoms. The maximum atomic E-state index is 12.1. The zero-order chi connectivity index (χ0) is 19.8. The first-order valence-corrected chi connectivity index (χ1v) is 10.5. The molecule has 0 aliphatic heterocycles. The third-order valence-electron chi connectivity index (χ3n) is 9.15. The number of rotatable bonds is 2. The van der Waals surface area contributed by atoms with Crippen molar-refractivity contribution in [1.29, 1.82) is 0 Å². The number of aliphatic hydroxyl groups excluding tert-OH is 3. The molecule has 3 fully saturated rings. The van der Waals surface area contributed by atoms with E-state index in [9.17, 15) is 25.2 Å². The van der Waals surface area contributed by atoms with Gasteiger partial charge >= 0.3 is 0 Å². The quantitative estimate of drug-likeness (QED) is 0.588. The Bertz CT molecular complexity index is 674. The summed E-state index contributed by atoms with van der Waals surface area (Å²) < 4.78 is 0. The summed E-state index contributed by atoms with van der Waals surface area (Å²) in [7, 11) is 0. The molecule has 0 aromatic heterocycles. The van der Waals surface area contributed by atoms with Crippen LogP contribution in [0.3, 0.4) is 0 Å². The highest BCUT2D eigenvalue weighted by Gasteiger charge is 2.68. The lowest BCUT2D eigenvalue weighted by molar-refractivity contribution is -0.209. The molecule has 3 saturated carbocycles. The van der Waals surface area contributed by atoms with Crippen LogP contribution in [-0.4, -0.2) is 50.6 Å². The van der Waals surface area contributed by atoms with Crippen LogP contribution < -0.4 is 0 Å². The molecule has 152 valence electrons. The van der Waals surface area contributed by atoms with Crippen molar-refractivity contribution in [2.45, 2.75) is 77.1 Å². The monoisotopic (exact) mass is 378 g/mol. The number of fused-ring (bicyclic) bond motifs is 5. The highest BCUT2D eigenvalue weighted by atomic mass is 16.4. The molecule has 0 bridgehead atoms. The second kappa shape index (κ2) is 6.12. The van der Waals surface area contributed by atoms with Crippen molar-refractivity contribution in [2.75, 3.05) is 6.61 Å². The summed E-state index contributed by atoms with van der Waals surface area (Å²) in [6.07, 6.45) is 3.99. The van der Waals surface area contributed by atoms with Gasteiger partial charge in [0, 0.05) is 11.8 Å². The fraction of sp³-hybridized carbons (Fsp3) is 0.864. The Labute approximate surface area is 161 Å². The summed E-state index contributed by atoms with van der Waals surface area (Å²) >= 11 is 0. The molecule has 4 aliphatic rings. The number of carbonyl (C=O) groups is 1. The molecule has 9 atom stereocenters. The van der Waals surface area contributed by atoms with Crippen LogP contribution in [0, 0.1) is 34.5 Å². The highest BCUT2D eigenvalue weighted by Crippen LogP contribution is 2.68. The average Bonchev–Trinajstić information content (AvgIpc) is 2.87. The lowest BCUT2D eigenvalue weighted by atomic mass is 9.44. The van der Waals surface area contributed by atoms with E-state index in [1.54, 1.807) is 0 Å². The van der Waals surface area contributed by atoms with E-state index in [4.69, 9.17) is 0 Å². The number of aliphatic hydroxyl groups is 4. The smallest absolute Gasteiger partial charge is 0.155 e. The predicted octanol–water partition coefficient (Wildman–Crippen LogP) is 1.82. The van der Waals surface area contributed by atoms with Crippen molar-refractivity contribution >= 4 is 5.78 Å². The Morgan fingerprint density at radius 3 is 2.67 bits per heavy atom. The molecule has 0 heterocycles. The number of allylic oxidation sites excluding steroid dienone is 1. The van der Waals surface area contributed by atoms with E-state index >= 15 is 0 Å².